The molecule has 76 valence electrons. The molecule has 1 aromatic rings. The standard InChI is InChI=1S/C10H14N2O2/c1-7(2)14-10(13)8-5-4-6-12-9(8)11-3/h4-7H,1-3H3,(H,11,12). The van der Waals surface area contributed by atoms with Crippen molar-refractivity contribution in [3.05, 3.63) is 23.9 Å². The van der Waals surface area contributed by atoms with E-state index in [0.717, 1.165) is 0 Å². The number of nitrogens with one attached hydrogen (secondary N) is 1. The summed E-state index contributed by atoms with van der Waals surface area (Å²) in [5.41, 5.74) is 0.462. The number of ether oxygens (including phenoxy) is 1. The fraction of sp³-hybridized carbons (Fsp3) is 0.400. The van der Waals surface area contributed by atoms with Crippen molar-refractivity contribution >= 4 is 11.8 Å². The molecule has 0 atom stereocenters. The summed E-state index contributed by atoms with van der Waals surface area (Å²) in [6, 6.07) is 3.39. The van der Waals surface area contributed by atoms with Gasteiger partial charge in [0.1, 0.15) is 11.4 Å². The number of hydrogen-bond donors (Lipinski definition) is 1. The third-order valence-electron chi connectivity index (χ3n) is 1.61. The van der Waals surface area contributed by atoms with Gasteiger partial charge in [0.15, 0.2) is 0 Å². The number of rotatable bonds is 3. The molecule has 0 radical (unpaired) electrons. The van der Waals surface area contributed by atoms with Crippen molar-refractivity contribution in [3.63, 3.8) is 0 Å². The van der Waals surface area contributed by atoms with Gasteiger partial charge in [0.05, 0.1) is 6.10 Å². The second kappa shape index (κ2) is 4.60. The van der Waals surface area contributed by atoms with E-state index in [1.54, 1.807) is 25.4 Å². The van der Waals surface area contributed by atoms with Crippen LogP contribution in [0.2, 0.25) is 0 Å². The normalized spacial score (nSPS) is 10.0. The van der Waals surface area contributed by atoms with E-state index in [1.165, 1.54) is 0 Å². The molecule has 0 saturated carbocycles. The maximum atomic E-state index is 11.5. The van der Waals surface area contributed by atoms with Gasteiger partial charge in [-0.3, -0.25) is 0 Å². The second-order valence-corrected chi connectivity index (χ2v) is 3.10. The molecule has 14 heavy (non-hydrogen) atoms. The van der Waals surface area contributed by atoms with Crippen LogP contribution in [0, 0.1) is 0 Å². The van der Waals surface area contributed by atoms with Crippen LogP contribution in [0.3, 0.4) is 0 Å². The van der Waals surface area contributed by atoms with E-state index in [4.69, 9.17) is 4.74 Å². The average Bonchev–Trinajstić information content (AvgIpc) is 2.16. The van der Waals surface area contributed by atoms with Gasteiger partial charge in [0, 0.05) is 13.2 Å². The minimum Gasteiger partial charge on any atom is -0.459 e. The topological polar surface area (TPSA) is 51.2 Å². The Balaban J connectivity index is 2.88. The van der Waals surface area contributed by atoms with Crippen LogP contribution in [-0.2, 0) is 4.74 Å². The van der Waals surface area contributed by atoms with Crippen LogP contribution in [0.25, 0.3) is 0 Å². The van der Waals surface area contributed by atoms with Gasteiger partial charge in [-0.2, -0.15) is 0 Å². The van der Waals surface area contributed by atoms with E-state index < -0.39 is 0 Å². The lowest BCUT2D eigenvalue weighted by atomic mass is 10.2. The first-order valence-electron chi connectivity index (χ1n) is 4.49. The van der Waals surface area contributed by atoms with Crippen LogP contribution in [0.5, 0.6) is 0 Å². The Morgan fingerprint density at radius 1 is 1.57 bits per heavy atom. The molecule has 0 saturated heterocycles. The zero-order valence-electron chi connectivity index (χ0n) is 8.57. The maximum absolute atomic E-state index is 11.5. The number of pyridine rings is 1. The van der Waals surface area contributed by atoms with E-state index >= 15 is 0 Å². The first-order valence-corrected chi connectivity index (χ1v) is 4.49. The number of carbonyl (C=O) groups is 1. The number of nitrogens with zero attached hydrogens (tertiary/aromatic N) is 1. The SMILES string of the molecule is CNc1ncccc1C(=O)OC(C)C. The molecule has 0 fully saturated rings. The molecule has 0 spiro atoms. The Morgan fingerprint density at radius 3 is 2.86 bits per heavy atom. The van der Waals surface area contributed by atoms with Crippen LogP contribution in [0.4, 0.5) is 5.82 Å². The van der Waals surface area contributed by atoms with Gasteiger partial charge >= 0.3 is 5.97 Å². The highest BCUT2D eigenvalue weighted by Gasteiger charge is 2.13. The van der Waals surface area contributed by atoms with E-state index in [9.17, 15) is 4.79 Å². The first kappa shape index (κ1) is 10.5. The van der Waals surface area contributed by atoms with E-state index in [1.807, 2.05) is 13.8 Å². The van der Waals surface area contributed by atoms with Crippen LogP contribution in [0.15, 0.2) is 18.3 Å². The average molecular weight is 194 g/mol. The number of anilines is 1. The Labute approximate surface area is 83.3 Å². The molecule has 1 heterocycles. The third-order valence-corrected chi connectivity index (χ3v) is 1.61. The predicted molar refractivity (Wildman–Crippen MR) is 54.3 cm³/mol. The Kier molecular flexibility index (Phi) is 3.45. The molecule has 1 aromatic heterocycles. The van der Waals surface area contributed by atoms with Crippen molar-refractivity contribution in [3.8, 4) is 0 Å². The zero-order chi connectivity index (χ0) is 10.6. The number of hydrogen-bond acceptors (Lipinski definition) is 4. The van der Waals surface area contributed by atoms with Crippen molar-refractivity contribution in [1.82, 2.24) is 4.98 Å². The summed E-state index contributed by atoms with van der Waals surface area (Å²) < 4.78 is 5.06. The lowest BCUT2D eigenvalue weighted by Gasteiger charge is -2.10. The Bertz CT molecular complexity index is 324. The first-order chi connectivity index (χ1) is 6.65. The predicted octanol–water partition coefficient (Wildman–Crippen LogP) is 1.69. The monoisotopic (exact) mass is 194 g/mol. The third kappa shape index (κ3) is 2.45. The molecule has 4 heteroatoms. The second-order valence-electron chi connectivity index (χ2n) is 3.10. The van der Waals surface area contributed by atoms with E-state index in [0.29, 0.717) is 11.4 Å². The largest absolute Gasteiger partial charge is 0.459 e. The smallest absolute Gasteiger partial charge is 0.342 e. The molecule has 4 nitrogen and oxygen atoms in total. The lowest BCUT2D eigenvalue weighted by Crippen LogP contribution is -2.13. The highest BCUT2D eigenvalue weighted by atomic mass is 16.5. The summed E-state index contributed by atoms with van der Waals surface area (Å²) in [4.78, 5) is 15.5. The summed E-state index contributed by atoms with van der Waals surface area (Å²) in [5, 5.41) is 2.84. The minimum absolute atomic E-state index is 0.118. The minimum atomic E-state index is -0.350. The van der Waals surface area contributed by atoms with Gasteiger partial charge in [-0.25, -0.2) is 9.78 Å². The highest BCUT2D eigenvalue weighted by molar-refractivity contribution is 5.94. The fourth-order valence-electron chi connectivity index (χ4n) is 1.05. The summed E-state index contributed by atoms with van der Waals surface area (Å²) >= 11 is 0. The molecule has 0 aliphatic carbocycles. The molecule has 0 aliphatic heterocycles. The summed E-state index contributed by atoms with van der Waals surface area (Å²) in [7, 11) is 1.72. The van der Waals surface area contributed by atoms with E-state index in [2.05, 4.69) is 10.3 Å². The van der Waals surface area contributed by atoms with Crippen molar-refractivity contribution < 1.29 is 9.53 Å². The van der Waals surface area contributed by atoms with Crippen molar-refractivity contribution in [2.45, 2.75) is 20.0 Å². The Morgan fingerprint density at radius 2 is 2.29 bits per heavy atom. The molecule has 0 unspecified atom stereocenters. The maximum Gasteiger partial charge on any atom is 0.342 e. The lowest BCUT2D eigenvalue weighted by molar-refractivity contribution is 0.0378. The number of aromatic nitrogens is 1. The van der Waals surface area contributed by atoms with Gasteiger partial charge in [-0.05, 0) is 26.0 Å². The van der Waals surface area contributed by atoms with Gasteiger partial charge in [-0.15, -0.1) is 0 Å². The molecule has 0 amide bonds. The van der Waals surface area contributed by atoms with Crippen LogP contribution >= 0.6 is 0 Å². The molecule has 1 N–H and O–H groups in total. The van der Waals surface area contributed by atoms with Crippen LogP contribution < -0.4 is 5.32 Å². The van der Waals surface area contributed by atoms with Gasteiger partial charge in [-0.1, -0.05) is 0 Å². The molecule has 1 rings (SSSR count). The zero-order valence-corrected chi connectivity index (χ0v) is 8.57. The van der Waals surface area contributed by atoms with Crippen LogP contribution in [-0.4, -0.2) is 24.1 Å². The van der Waals surface area contributed by atoms with Crippen molar-refractivity contribution in [2.75, 3.05) is 12.4 Å². The molecular formula is C10H14N2O2. The summed E-state index contributed by atoms with van der Waals surface area (Å²) in [6.07, 6.45) is 1.50. The van der Waals surface area contributed by atoms with Gasteiger partial charge < -0.3 is 10.1 Å². The van der Waals surface area contributed by atoms with Gasteiger partial charge in [0.25, 0.3) is 0 Å². The Hall–Kier alpha value is -1.58. The summed E-state index contributed by atoms with van der Waals surface area (Å²) in [5.74, 6) is 0.190. The quantitative estimate of drug-likeness (QED) is 0.744. The molecule has 0 aromatic carbocycles. The van der Waals surface area contributed by atoms with E-state index in [-0.39, 0.29) is 12.1 Å². The molecular weight excluding hydrogens is 180 g/mol. The highest BCUT2D eigenvalue weighted by Crippen LogP contribution is 2.12. The number of esters is 1. The molecule has 0 aliphatic rings. The van der Waals surface area contributed by atoms with Gasteiger partial charge in [0.2, 0.25) is 0 Å². The molecule has 0 bridgehead atoms. The van der Waals surface area contributed by atoms with Crippen LogP contribution in [0.1, 0.15) is 24.2 Å². The summed E-state index contributed by atoms with van der Waals surface area (Å²) in [6.45, 7) is 3.63. The van der Waals surface area contributed by atoms with Crippen molar-refractivity contribution in [2.24, 2.45) is 0 Å². The number of carbonyl (C=O) groups excluding carboxylic acids is 1. The van der Waals surface area contributed by atoms with Crippen molar-refractivity contribution in [1.29, 1.82) is 0 Å². The fourth-order valence-corrected chi connectivity index (χ4v) is 1.05.